The van der Waals surface area contributed by atoms with Gasteiger partial charge in [-0.3, -0.25) is 9.69 Å². The predicted molar refractivity (Wildman–Crippen MR) is 78.7 cm³/mol. The lowest BCUT2D eigenvalue weighted by molar-refractivity contribution is -0.122. The first-order chi connectivity index (χ1) is 9.19. The number of hydrogen-bond donors (Lipinski definition) is 0. The van der Waals surface area contributed by atoms with Gasteiger partial charge in [0.25, 0.3) is 0 Å². The van der Waals surface area contributed by atoms with Crippen molar-refractivity contribution in [3.05, 3.63) is 23.8 Å². The van der Waals surface area contributed by atoms with Crippen LogP contribution in [0.2, 0.25) is 0 Å². The Morgan fingerprint density at radius 3 is 2.74 bits per heavy atom. The van der Waals surface area contributed by atoms with Gasteiger partial charge in [-0.05, 0) is 32.0 Å². The lowest BCUT2D eigenvalue weighted by atomic mass is 9.73. The van der Waals surface area contributed by atoms with Crippen LogP contribution in [0.25, 0.3) is 0 Å². The Kier molecular flexibility index (Phi) is 4.61. The topological polar surface area (TPSA) is 20.3 Å². The highest BCUT2D eigenvalue weighted by Gasteiger charge is 2.40. The zero-order valence-electron chi connectivity index (χ0n) is 12.0. The maximum Gasteiger partial charge on any atom is 0.133 e. The van der Waals surface area contributed by atoms with Gasteiger partial charge in [0.15, 0.2) is 0 Å². The minimum atomic E-state index is 0.0407. The summed E-state index contributed by atoms with van der Waals surface area (Å²) in [7, 11) is 2.17. The minimum absolute atomic E-state index is 0.0407. The number of carbonyl (C=O) groups is 1. The molecule has 0 aliphatic heterocycles. The molecule has 0 bridgehead atoms. The van der Waals surface area contributed by atoms with E-state index in [9.17, 15) is 4.79 Å². The normalized spacial score (nSPS) is 26.7. The van der Waals surface area contributed by atoms with E-state index in [1.165, 1.54) is 5.57 Å². The van der Waals surface area contributed by atoms with Gasteiger partial charge in [-0.1, -0.05) is 37.0 Å². The average molecular weight is 257 g/mol. The molecule has 2 nitrogen and oxygen atoms in total. The molecule has 1 saturated carbocycles. The van der Waals surface area contributed by atoms with E-state index in [0.29, 0.717) is 18.6 Å². The van der Waals surface area contributed by atoms with Crippen LogP contribution in [0, 0.1) is 11.8 Å². The first-order valence-corrected chi connectivity index (χ1v) is 7.24. The molecule has 0 radical (unpaired) electrons. The number of nitrogens with zero attached hydrogens (tertiary/aromatic N) is 1. The highest BCUT2D eigenvalue weighted by Crippen LogP contribution is 2.39. The molecule has 2 aliphatic rings. The molecule has 0 spiro atoms. The van der Waals surface area contributed by atoms with E-state index in [0.717, 1.165) is 32.2 Å². The molecule has 0 N–H and O–H groups in total. The summed E-state index contributed by atoms with van der Waals surface area (Å²) in [4.78, 5) is 14.0. The van der Waals surface area contributed by atoms with Crippen molar-refractivity contribution in [2.24, 2.45) is 0 Å². The number of allylic oxidation sites excluding steroid dienone is 3. The molecule has 19 heavy (non-hydrogen) atoms. The summed E-state index contributed by atoms with van der Waals surface area (Å²) in [5, 5.41) is 0. The van der Waals surface area contributed by atoms with Crippen molar-refractivity contribution < 1.29 is 4.79 Å². The van der Waals surface area contributed by atoms with E-state index < -0.39 is 0 Å². The third kappa shape index (κ3) is 2.98. The number of hydrogen-bond acceptors (Lipinski definition) is 2. The summed E-state index contributed by atoms with van der Waals surface area (Å²) >= 11 is 0. The first-order valence-electron chi connectivity index (χ1n) is 7.24. The monoisotopic (exact) mass is 257 g/mol. The van der Waals surface area contributed by atoms with Crippen molar-refractivity contribution >= 4 is 5.78 Å². The van der Waals surface area contributed by atoms with Gasteiger partial charge in [0.05, 0.1) is 0 Å². The van der Waals surface area contributed by atoms with E-state index in [2.05, 4.69) is 48.9 Å². The predicted octanol–water partition coefficient (Wildman–Crippen LogP) is 3.10. The van der Waals surface area contributed by atoms with Crippen LogP contribution < -0.4 is 0 Å². The van der Waals surface area contributed by atoms with Gasteiger partial charge in [0.1, 0.15) is 5.78 Å². The Morgan fingerprint density at radius 2 is 2.05 bits per heavy atom. The van der Waals surface area contributed by atoms with Gasteiger partial charge in [-0.25, -0.2) is 0 Å². The van der Waals surface area contributed by atoms with Crippen LogP contribution in [-0.4, -0.2) is 29.8 Å². The Morgan fingerprint density at radius 1 is 1.32 bits per heavy atom. The molecular weight excluding hydrogens is 234 g/mol. The smallest absolute Gasteiger partial charge is 0.133 e. The second kappa shape index (κ2) is 6.21. The molecule has 0 heterocycles. The molecule has 1 fully saturated rings. The summed E-state index contributed by atoms with van der Waals surface area (Å²) in [6, 6.07) is 0. The standard InChI is InChI=1S/C17H23NO/c1-3-18(2)17(13-11-16(19)12-14-17)15-9-7-5-4-6-8-10-15/h5,7,9H,3-4,10-14H2,1-2H3/b7-5-,15-9+. The third-order valence-corrected chi connectivity index (χ3v) is 4.49. The lowest BCUT2D eigenvalue weighted by Gasteiger charge is -2.45. The number of rotatable bonds is 3. The van der Waals surface area contributed by atoms with Gasteiger partial charge in [-0.2, -0.15) is 0 Å². The average Bonchev–Trinajstić information content (AvgIpc) is 2.39. The maximum atomic E-state index is 11.6. The Balaban J connectivity index is 2.32. The van der Waals surface area contributed by atoms with Gasteiger partial charge in [-0.15, -0.1) is 0 Å². The van der Waals surface area contributed by atoms with E-state index in [-0.39, 0.29) is 5.54 Å². The number of ketones is 1. The van der Waals surface area contributed by atoms with Crippen molar-refractivity contribution in [1.82, 2.24) is 4.90 Å². The molecule has 0 unspecified atom stereocenters. The van der Waals surface area contributed by atoms with E-state index in [1.54, 1.807) is 0 Å². The summed E-state index contributed by atoms with van der Waals surface area (Å²) < 4.78 is 0. The maximum absolute atomic E-state index is 11.6. The molecule has 102 valence electrons. The Labute approximate surface area is 116 Å². The summed E-state index contributed by atoms with van der Waals surface area (Å²) in [6.07, 6.45) is 11.5. The summed E-state index contributed by atoms with van der Waals surface area (Å²) in [5.74, 6) is 6.85. The first kappa shape index (κ1) is 14.1. The second-order valence-corrected chi connectivity index (χ2v) is 5.44. The summed E-state index contributed by atoms with van der Waals surface area (Å²) in [6.45, 7) is 3.19. The zero-order chi connectivity index (χ0) is 13.7. The number of likely N-dealkylation sites (N-methyl/N-ethyl adjacent to an activating group) is 1. The van der Waals surface area contributed by atoms with E-state index >= 15 is 0 Å². The molecule has 0 aromatic carbocycles. The summed E-state index contributed by atoms with van der Waals surface area (Å²) in [5.41, 5.74) is 1.42. The largest absolute Gasteiger partial charge is 0.300 e. The molecule has 2 heteroatoms. The van der Waals surface area contributed by atoms with E-state index in [4.69, 9.17) is 0 Å². The number of Topliss-reactive ketones (excluding diaryl/α,β-unsaturated/α-hetero) is 1. The second-order valence-electron chi connectivity index (χ2n) is 5.44. The molecule has 2 rings (SSSR count). The highest BCUT2D eigenvalue weighted by atomic mass is 16.1. The fourth-order valence-electron chi connectivity index (χ4n) is 3.11. The van der Waals surface area contributed by atoms with Crippen molar-refractivity contribution in [3.8, 4) is 11.8 Å². The molecule has 0 aromatic rings. The minimum Gasteiger partial charge on any atom is -0.300 e. The van der Waals surface area contributed by atoms with Crippen LogP contribution in [-0.2, 0) is 4.79 Å². The SMILES string of the molecule is CCN(C)C1(/C2=C/C=C\CC#CC2)CCC(=O)CC1. The fourth-order valence-corrected chi connectivity index (χ4v) is 3.11. The molecular formula is C17H23NO. The molecule has 0 aromatic heterocycles. The third-order valence-electron chi connectivity index (χ3n) is 4.49. The van der Waals surface area contributed by atoms with Crippen LogP contribution in [0.4, 0.5) is 0 Å². The molecule has 0 atom stereocenters. The molecule has 0 amide bonds. The quantitative estimate of drug-likeness (QED) is 0.724. The Hall–Kier alpha value is -1.33. The molecule has 2 aliphatic carbocycles. The van der Waals surface area contributed by atoms with Gasteiger partial charge in [0.2, 0.25) is 0 Å². The van der Waals surface area contributed by atoms with Crippen LogP contribution in [0.5, 0.6) is 0 Å². The van der Waals surface area contributed by atoms with Crippen molar-refractivity contribution in [2.75, 3.05) is 13.6 Å². The number of carbonyl (C=O) groups excluding carboxylic acids is 1. The zero-order valence-corrected chi connectivity index (χ0v) is 12.0. The van der Waals surface area contributed by atoms with Crippen molar-refractivity contribution in [2.45, 2.75) is 51.0 Å². The fraction of sp³-hybridized carbons (Fsp3) is 0.588. The van der Waals surface area contributed by atoms with Crippen LogP contribution >= 0.6 is 0 Å². The van der Waals surface area contributed by atoms with Gasteiger partial charge >= 0.3 is 0 Å². The lowest BCUT2D eigenvalue weighted by Crippen LogP contribution is -2.50. The van der Waals surface area contributed by atoms with Gasteiger partial charge < -0.3 is 0 Å². The highest BCUT2D eigenvalue weighted by molar-refractivity contribution is 5.79. The van der Waals surface area contributed by atoms with Crippen LogP contribution in [0.15, 0.2) is 23.8 Å². The van der Waals surface area contributed by atoms with Crippen molar-refractivity contribution in [1.29, 1.82) is 0 Å². The van der Waals surface area contributed by atoms with Crippen LogP contribution in [0.1, 0.15) is 45.4 Å². The molecule has 0 saturated heterocycles. The van der Waals surface area contributed by atoms with Gasteiger partial charge in [0, 0.05) is 31.2 Å². The Bertz CT molecular complexity index is 451. The van der Waals surface area contributed by atoms with Crippen molar-refractivity contribution in [3.63, 3.8) is 0 Å². The van der Waals surface area contributed by atoms with Crippen LogP contribution in [0.3, 0.4) is 0 Å². The van der Waals surface area contributed by atoms with E-state index in [1.807, 2.05) is 0 Å².